The van der Waals surface area contributed by atoms with Crippen LogP contribution in [0.3, 0.4) is 0 Å². The fraction of sp³-hybridized carbons (Fsp3) is 0.600. The van der Waals surface area contributed by atoms with Crippen LogP contribution >= 0.6 is 15.9 Å². The molecule has 1 atom stereocenters. The van der Waals surface area contributed by atoms with Crippen molar-refractivity contribution in [3.05, 3.63) is 17.5 Å². The molecular weight excluding hydrogens is 258 g/mol. The molecule has 5 heteroatoms. The van der Waals surface area contributed by atoms with Crippen LogP contribution in [0.4, 0.5) is 0 Å². The van der Waals surface area contributed by atoms with Crippen molar-refractivity contribution in [2.45, 2.75) is 25.1 Å². The molecule has 84 valence electrons. The van der Waals surface area contributed by atoms with Crippen molar-refractivity contribution in [2.24, 2.45) is 7.05 Å². The van der Waals surface area contributed by atoms with Gasteiger partial charge in [-0.1, -0.05) is 22.9 Å². The van der Waals surface area contributed by atoms with Crippen molar-refractivity contribution in [2.75, 3.05) is 6.54 Å². The summed E-state index contributed by atoms with van der Waals surface area (Å²) >= 11 is 3.43. The first-order valence-corrected chi connectivity index (χ1v) is 5.85. The average Bonchev–Trinajstić information content (AvgIpc) is 2.44. The van der Waals surface area contributed by atoms with Crippen LogP contribution in [0, 0.1) is 6.92 Å². The molecule has 0 spiro atoms. The predicted molar refractivity (Wildman–Crippen MR) is 63.3 cm³/mol. The summed E-state index contributed by atoms with van der Waals surface area (Å²) in [6.45, 7) is 4.60. The van der Waals surface area contributed by atoms with Crippen LogP contribution in [0.25, 0.3) is 0 Å². The normalized spacial score (nSPS) is 12.5. The van der Waals surface area contributed by atoms with Gasteiger partial charge in [0.15, 0.2) is 0 Å². The van der Waals surface area contributed by atoms with E-state index in [1.165, 1.54) is 0 Å². The number of hydrogen-bond acceptors (Lipinski definition) is 2. The number of nitrogens with zero attached hydrogens (tertiary/aromatic N) is 2. The van der Waals surface area contributed by atoms with Gasteiger partial charge in [-0.2, -0.15) is 5.10 Å². The molecular formula is C10H16BrN3O. The highest BCUT2D eigenvalue weighted by atomic mass is 79.9. The molecule has 1 heterocycles. The fourth-order valence-corrected chi connectivity index (χ4v) is 1.53. The van der Waals surface area contributed by atoms with E-state index in [0.717, 1.165) is 12.1 Å². The van der Waals surface area contributed by atoms with Crippen LogP contribution in [-0.2, 0) is 7.05 Å². The van der Waals surface area contributed by atoms with Crippen LogP contribution in [0.5, 0.6) is 0 Å². The summed E-state index contributed by atoms with van der Waals surface area (Å²) in [6.07, 6.45) is 0.919. The second-order valence-electron chi connectivity index (χ2n) is 3.62. The first-order valence-electron chi connectivity index (χ1n) is 4.93. The van der Waals surface area contributed by atoms with E-state index in [4.69, 9.17) is 0 Å². The maximum Gasteiger partial charge on any atom is 0.269 e. The lowest BCUT2D eigenvalue weighted by molar-refractivity contribution is 0.0944. The molecule has 0 saturated heterocycles. The zero-order chi connectivity index (χ0) is 11.4. The maximum absolute atomic E-state index is 11.7. The lowest BCUT2D eigenvalue weighted by Gasteiger charge is -2.06. The number of nitrogens with one attached hydrogen (secondary N) is 1. The van der Waals surface area contributed by atoms with Crippen molar-refractivity contribution in [3.8, 4) is 0 Å². The number of alkyl halides is 1. The highest BCUT2D eigenvalue weighted by Gasteiger charge is 2.10. The minimum atomic E-state index is -0.0637. The van der Waals surface area contributed by atoms with Gasteiger partial charge in [-0.3, -0.25) is 9.48 Å². The Labute approximate surface area is 98.2 Å². The van der Waals surface area contributed by atoms with E-state index in [9.17, 15) is 4.79 Å². The zero-order valence-electron chi connectivity index (χ0n) is 9.25. The number of aromatic nitrogens is 2. The van der Waals surface area contributed by atoms with Gasteiger partial charge in [0.1, 0.15) is 5.69 Å². The molecule has 0 aliphatic heterocycles. The first kappa shape index (κ1) is 12.2. The maximum atomic E-state index is 11.7. The van der Waals surface area contributed by atoms with Crippen LogP contribution in [0.1, 0.15) is 29.5 Å². The number of rotatable bonds is 4. The summed E-state index contributed by atoms with van der Waals surface area (Å²) in [6, 6.07) is 1.78. The number of halogens is 1. The fourth-order valence-electron chi connectivity index (χ4n) is 1.30. The summed E-state index contributed by atoms with van der Waals surface area (Å²) in [5, 5.41) is 6.98. The molecule has 0 fully saturated rings. The second kappa shape index (κ2) is 5.30. The third kappa shape index (κ3) is 3.66. The molecule has 0 bridgehead atoms. The number of amides is 1. The number of carbonyl (C=O) groups excluding carboxylic acids is 1. The van der Waals surface area contributed by atoms with Crippen molar-refractivity contribution in [1.29, 1.82) is 0 Å². The molecule has 0 aliphatic carbocycles. The highest BCUT2D eigenvalue weighted by molar-refractivity contribution is 9.09. The van der Waals surface area contributed by atoms with E-state index >= 15 is 0 Å². The SMILES string of the molecule is Cc1cc(C(=O)NCCC(C)Br)n(C)n1. The monoisotopic (exact) mass is 273 g/mol. The highest BCUT2D eigenvalue weighted by Crippen LogP contribution is 2.03. The summed E-state index contributed by atoms with van der Waals surface area (Å²) in [5.41, 5.74) is 1.46. The quantitative estimate of drug-likeness (QED) is 0.848. The Balaban J connectivity index is 2.50. The van der Waals surface area contributed by atoms with Gasteiger partial charge in [0, 0.05) is 18.4 Å². The minimum absolute atomic E-state index is 0.0637. The van der Waals surface area contributed by atoms with E-state index in [0.29, 0.717) is 17.1 Å². The van der Waals surface area contributed by atoms with E-state index < -0.39 is 0 Å². The number of aryl methyl sites for hydroxylation is 2. The topological polar surface area (TPSA) is 46.9 Å². The number of carbonyl (C=O) groups is 1. The van der Waals surface area contributed by atoms with Crippen molar-refractivity contribution in [1.82, 2.24) is 15.1 Å². The van der Waals surface area contributed by atoms with Crippen molar-refractivity contribution in [3.63, 3.8) is 0 Å². The molecule has 0 aliphatic rings. The molecule has 1 aromatic rings. The summed E-state index contributed by atoms with van der Waals surface area (Å²) < 4.78 is 1.60. The molecule has 4 nitrogen and oxygen atoms in total. The molecule has 1 N–H and O–H groups in total. The van der Waals surface area contributed by atoms with E-state index in [1.807, 2.05) is 6.92 Å². The Morgan fingerprint density at radius 3 is 2.87 bits per heavy atom. The lowest BCUT2D eigenvalue weighted by atomic mass is 10.3. The molecule has 0 radical (unpaired) electrons. The Morgan fingerprint density at radius 2 is 2.40 bits per heavy atom. The van der Waals surface area contributed by atoms with Crippen LogP contribution in [0.2, 0.25) is 0 Å². The Hall–Kier alpha value is -0.840. The molecule has 1 amide bonds. The Morgan fingerprint density at radius 1 is 1.73 bits per heavy atom. The molecule has 15 heavy (non-hydrogen) atoms. The molecule has 1 unspecified atom stereocenters. The summed E-state index contributed by atoms with van der Waals surface area (Å²) in [5.74, 6) is -0.0637. The number of hydrogen-bond donors (Lipinski definition) is 1. The van der Waals surface area contributed by atoms with Crippen LogP contribution < -0.4 is 5.32 Å². The molecule has 0 saturated carbocycles. The standard InChI is InChI=1S/C10H16BrN3O/c1-7(11)4-5-12-10(15)9-6-8(2)13-14(9)3/h6-7H,4-5H2,1-3H3,(H,12,15). The van der Waals surface area contributed by atoms with Crippen LogP contribution in [-0.4, -0.2) is 27.1 Å². The van der Waals surface area contributed by atoms with Gasteiger partial charge in [0.05, 0.1) is 5.69 Å². The van der Waals surface area contributed by atoms with Gasteiger partial charge in [0.2, 0.25) is 0 Å². The second-order valence-corrected chi connectivity index (χ2v) is 5.18. The van der Waals surface area contributed by atoms with Gasteiger partial charge in [-0.05, 0) is 19.4 Å². The van der Waals surface area contributed by atoms with Gasteiger partial charge in [0.25, 0.3) is 5.91 Å². The molecule has 0 aromatic carbocycles. The van der Waals surface area contributed by atoms with E-state index in [1.54, 1.807) is 17.8 Å². The van der Waals surface area contributed by atoms with E-state index in [2.05, 4.69) is 33.3 Å². The van der Waals surface area contributed by atoms with Crippen LogP contribution in [0.15, 0.2) is 6.07 Å². The van der Waals surface area contributed by atoms with Gasteiger partial charge < -0.3 is 5.32 Å². The van der Waals surface area contributed by atoms with Gasteiger partial charge in [-0.25, -0.2) is 0 Å². The average molecular weight is 274 g/mol. The molecule has 1 aromatic heterocycles. The Kier molecular flexibility index (Phi) is 4.32. The zero-order valence-corrected chi connectivity index (χ0v) is 10.8. The summed E-state index contributed by atoms with van der Waals surface area (Å²) in [7, 11) is 1.77. The lowest BCUT2D eigenvalue weighted by Crippen LogP contribution is -2.27. The minimum Gasteiger partial charge on any atom is -0.351 e. The largest absolute Gasteiger partial charge is 0.351 e. The Bertz CT molecular complexity index is 346. The van der Waals surface area contributed by atoms with Gasteiger partial charge >= 0.3 is 0 Å². The predicted octanol–water partition coefficient (Wildman–Crippen LogP) is 1.63. The summed E-state index contributed by atoms with van der Waals surface area (Å²) in [4.78, 5) is 12.1. The van der Waals surface area contributed by atoms with Crippen molar-refractivity contribution >= 4 is 21.8 Å². The third-order valence-corrected chi connectivity index (χ3v) is 2.52. The van der Waals surface area contributed by atoms with Gasteiger partial charge in [-0.15, -0.1) is 0 Å². The molecule has 1 rings (SSSR count). The third-order valence-electron chi connectivity index (χ3n) is 2.06. The van der Waals surface area contributed by atoms with Crippen molar-refractivity contribution < 1.29 is 4.79 Å². The smallest absolute Gasteiger partial charge is 0.269 e. The first-order chi connectivity index (χ1) is 7.00. The van der Waals surface area contributed by atoms with E-state index in [-0.39, 0.29) is 5.91 Å².